The van der Waals surface area contributed by atoms with Crippen molar-refractivity contribution in [3.8, 4) is 0 Å². The molecule has 5 nitrogen and oxygen atoms in total. The topological polar surface area (TPSA) is 63.6 Å². The van der Waals surface area contributed by atoms with Gasteiger partial charge in [0.05, 0.1) is 24.1 Å². The van der Waals surface area contributed by atoms with Crippen LogP contribution in [0.2, 0.25) is 5.15 Å². The van der Waals surface area contributed by atoms with E-state index in [0.717, 1.165) is 11.4 Å². The predicted octanol–water partition coefficient (Wildman–Crippen LogP) is 1.84. The van der Waals surface area contributed by atoms with Crippen molar-refractivity contribution in [1.82, 2.24) is 19.9 Å². The van der Waals surface area contributed by atoms with Gasteiger partial charge >= 0.3 is 0 Å². The molecular weight excluding hydrogens is 226 g/mol. The fourth-order valence-electron chi connectivity index (χ4n) is 1.12. The Morgan fingerprint density at radius 2 is 2.06 bits per heavy atom. The van der Waals surface area contributed by atoms with E-state index in [0.29, 0.717) is 17.5 Å². The third-order valence-electron chi connectivity index (χ3n) is 1.92. The lowest BCUT2D eigenvalue weighted by atomic mass is 10.4. The Morgan fingerprint density at radius 3 is 2.75 bits per heavy atom. The molecule has 0 radical (unpaired) electrons. The van der Waals surface area contributed by atoms with E-state index in [-0.39, 0.29) is 0 Å². The number of nitrogens with one attached hydrogen (secondary N) is 1. The molecule has 0 aromatic carbocycles. The Bertz CT molecular complexity index is 471. The summed E-state index contributed by atoms with van der Waals surface area (Å²) in [6, 6.07) is 1.66. The highest BCUT2D eigenvalue weighted by molar-refractivity contribution is 6.29. The van der Waals surface area contributed by atoms with Crippen molar-refractivity contribution in [3.05, 3.63) is 41.3 Å². The molecule has 0 aliphatic rings. The van der Waals surface area contributed by atoms with Gasteiger partial charge in [-0.2, -0.15) is 0 Å². The van der Waals surface area contributed by atoms with Crippen molar-refractivity contribution in [1.29, 1.82) is 0 Å². The monoisotopic (exact) mass is 235 g/mol. The molecule has 0 saturated carbocycles. The zero-order valence-electron chi connectivity index (χ0n) is 8.68. The van der Waals surface area contributed by atoms with Gasteiger partial charge in [0.1, 0.15) is 17.3 Å². The number of nitrogens with zero attached hydrogens (tertiary/aromatic N) is 4. The summed E-state index contributed by atoms with van der Waals surface area (Å²) in [6.45, 7) is 2.45. The highest BCUT2D eigenvalue weighted by atomic mass is 35.5. The van der Waals surface area contributed by atoms with Crippen molar-refractivity contribution in [3.63, 3.8) is 0 Å². The minimum absolute atomic E-state index is 0.410. The van der Waals surface area contributed by atoms with Gasteiger partial charge in [-0.15, -0.1) is 0 Å². The summed E-state index contributed by atoms with van der Waals surface area (Å²) in [5.74, 6) is 0.669. The van der Waals surface area contributed by atoms with Crippen LogP contribution in [0, 0.1) is 6.92 Å². The van der Waals surface area contributed by atoms with Crippen LogP contribution in [0.15, 0.2) is 24.8 Å². The van der Waals surface area contributed by atoms with Crippen LogP contribution in [0.3, 0.4) is 0 Å². The quantitative estimate of drug-likeness (QED) is 0.823. The molecule has 0 unspecified atom stereocenters. The first-order valence-electron chi connectivity index (χ1n) is 4.73. The standard InChI is InChI=1S/C10H10ClN5/c1-7-3-13-8(4-12-7)5-14-10-2-9(11)15-6-16-10/h2-4,6H,5H2,1H3,(H,14,15,16). The predicted molar refractivity (Wildman–Crippen MR) is 61.1 cm³/mol. The maximum atomic E-state index is 5.73. The summed E-state index contributed by atoms with van der Waals surface area (Å²) >= 11 is 5.73. The van der Waals surface area contributed by atoms with Crippen LogP contribution in [0.4, 0.5) is 5.82 Å². The van der Waals surface area contributed by atoms with Crippen molar-refractivity contribution in [2.75, 3.05) is 5.32 Å². The van der Waals surface area contributed by atoms with Gasteiger partial charge in [0, 0.05) is 12.3 Å². The number of anilines is 1. The van der Waals surface area contributed by atoms with Gasteiger partial charge in [-0.1, -0.05) is 11.6 Å². The smallest absolute Gasteiger partial charge is 0.134 e. The first-order chi connectivity index (χ1) is 7.74. The van der Waals surface area contributed by atoms with Crippen LogP contribution < -0.4 is 5.32 Å². The Kier molecular flexibility index (Phi) is 3.26. The summed E-state index contributed by atoms with van der Waals surface area (Å²) in [7, 11) is 0. The van der Waals surface area contributed by atoms with E-state index < -0.39 is 0 Å². The van der Waals surface area contributed by atoms with Crippen molar-refractivity contribution in [2.24, 2.45) is 0 Å². The third kappa shape index (κ3) is 2.87. The molecule has 0 amide bonds. The first kappa shape index (κ1) is 10.8. The lowest BCUT2D eigenvalue weighted by Gasteiger charge is -2.04. The molecule has 2 aromatic rings. The van der Waals surface area contributed by atoms with Crippen LogP contribution in [0.1, 0.15) is 11.4 Å². The van der Waals surface area contributed by atoms with E-state index in [2.05, 4.69) is 25.3 Å². The summed E-state index contributed by atoms with van der Waals surface area (Å²) < 4.78 is 0. The molecule has 16 heavy (non-hydrogen) atoms. The van der Waals surface area contributed by atoms with Crippen LogP contribution in [-0.4, -0.2) is 19.9 Å². The molecule has 0 fully saturated rings. The van der Waals surface area contributed by atoms with Gasteiger partial charge in [-0.05, 0) is 6.92 Å². The maximum absolute atomic E-state index is 5.73. The van der Waals surface area contributed by atoms with Gasteiger partial charge < -0.3 is 5.32 Å². The molecule has 6 heteroatoms. The molecule has 0 aliphatic heterocycles. The fraction of sp³-hybridized carbons (Fsp3) is 0.200. The van der Waals surface area contributed by atoms with Crippen molar-refractivity contribution >= 4 is 17.4 Å². The summed E-state index contributed by atoms with van der Waals surface area (Å²) in [5, 5.41) is 3.49. The SMILES string of the molecule is Cc1cnc(CNc2cc(Cl)ncn2)cn1. The zero-order chi connectivity index (χ0) is 11.4. The lowest BCUT2D eigenvalue weighted by molar-refractivity contribution is 0.973. The van der Waals surface area contributed by atoms with Gasteiger partial charge in [0.2, 0.25) is 0 Å². The largest absolute Gasteiger partial charge is 0.364 e. The average molecular weight is 236 g/mol. The van der Waals surface area contributed by atoms with Crippen LogP contribution >= 0.6 is 11.6 Å². The average Bonchev–Trinajstić information content (AvgIpc) is 2.28. The summed E-state index contributed by atoms with van der Waals surface area (Å²) in [5.41, 5.74) is 1.74. The first-order valence-corrected chi connectivity index (χ1v) is 5.11. The lowest BCUT2D eigenvalue weighted by Crippen LogP contribution is -2.04. The second-order valence-electron chi connectivity index (χ2n) is 3.23. The second-order valence-corrected chi connectivity index (χ2v) is 3.62. The molecule has 0 bridgehead atoms. The van der Waals surface area contributed by atoms with E-state index in [1.807, 2.05) is 6.92 Å². The minimum atomic E-state index is 0.410. The summed E-state index contributed by atoms with van der Waals surface area (Å²) in [4.78, 5) is 16.2. The van der Waals surface area contributed by atoms with Gasteiger partial charge in [0.15, 0.2) is 0 Å². The minimum Gasteiger partial charge on any atom is -0.364 e. The molecule has 2 heterocycles. The molecule has 2 rings (SSSR count). The van der Waals surface area contributed by atoms with Crippen molar-refractivity contribution < 1.29 is 0 Å². The zero-order valence-corrected chi connectivity index (χ0v) is 9.44. The third-order valence-corrected chi connectivity index (χ3v) is 2.13. The van der Waals surface area contributed by atoms with Crippen LogP contribution in [0.25, 0.3) is 0 Å². The molecule has 2 aromatic heterocycles. The van der Waals surface area contributed by atoms with Crippen LogP contribution in [-0.2, 0) is 6.54 Å². The van der Waals surface area contributed by atoms with Gasteiger partial charge in [-0.3, -0.25) is 9.97 Å². The highest BCUT2D eigenvalue weighted by Crippen LogP contribution is 2.09. The van der Waals surface area contributed by atoms with E-state index in [1.54, 1.807) is 18.5 Å². The number of rotatable bonds is 3. The number of halogens is 1. The van der Waals surface area contributed by atoms with E-state index in [9.17, 15) is 0 Å². The van der Waals surface area contributed by atoms with Crippen molar-refractivity contribution in [2.45, 2.75) is 13.5 Å². The second kappa shape index (κ2) is 4.85. The number of hydrogen-bond donors (Lipinski definition) is 1. The van der Waals surface area contributed by atoms with Crippen LogP contribution in [0.5, 0.6) is 0 Å². The number of aromatic nitrogens is 4. The normalized spacial score (nSPS) is 10.1. The van der Waals surface area contributed by atoms with E-state index in [4.69, 9.17) is 11.6 Å². The fourth-order valence-corrected chi connectivity index (χ4v) is 1.27. The molecule has 0 spiro atoms. The number of aryl methyl sites for hydroxylation is 1. The number of hydrogen-bond acceptors (Lipinski definition) is 5. The molecule has 0 aliphatic carbocycles. The molecule has 0 saturated heterocycles. The van der Waals surface area contributed by atoms with Gasteiger partial charge in [0.25, 0.3) is 0 Å². The summed E-state index contributed by atoms with van der Waals surface area (Å²) in [6.07, 6.45) is 4.86. The molecular formula is C10H10ClN5. The highest BCUT2D eigenvalue weighted by Gasteiger charge is 1.98. The molecule has 1 N–H and O–H groups in total. The Morgan fingerprint density at radius 1 is 1.19 bits per heavy atom. The van der Waals surface area contributed by atoms with Gasteiger partial charge in [-0.25, -0.2) is 9.97 Å². The maximum Gasteiger partial charge on any atom is 0.134 e. The molecule has 82 valence electrons. The van der Waals surface area contributed by atoms with E-state index in [1.165, 1.54) is 6.33 Å². The Hall–Kier alpha value is -1.75. The Balaban J connectivity index is 1.99. The Labute approximate surface area is 98.0 Å². The molecule has 0 atom stereocenters. The van der Waals surface area contributed by atoms with E-state index >= 15 is 0 Å².